The van der Waals surface area contributed by atoms with Crippen molar-refractivity contribution in [2.45, 2.75) is 39.0 Å². The Balaban J connectivity index is 1.81. The molecule has 1 fully saturated rings. The number of aromatic carboxylic acids is 1. The molecule has 0 radical (unpaired) electrons. The zero-order chi connectivity index (χ0) is 29.9. The molecule has 1 saturated heterocycles. The number of carbonyl (C=O) groups is 2. The van der Waals surface area contributed by atoms with Crippen molar-refractivity contribution in [3.05, 3.63) is 59.5 Å². The number of carboxylic acids is 1. The first kappa shape index (κ1) is 30.2. The number of sulfonamides is 1. The lowest BCUT2D eigenvalue weighted by atomic mass is 10.1. The molecule has 1 aliphatic rings. The number of benzene rings is 2. The van der Waals surface area contributed by atoms with Crippen LogP contribution in [0.5, 0.6) is 11.6 Å². The summed E-state index contributed by atoms with van der Waals surface area (Å²) in [5.74, 6) is -2.24. The van der Waals surface area contributed by atoms with Crippen LogP contribution in [0.2, 0.25) is 0 Å². The number of halogens is 1. The van der Waals surface area contributed by atoms with Crippen molar-refractivity contribution in [1.29, 1.82) is 0 Å². The molecule has 41 heavy (non-hydrogen) atoms. The third-order valence-corrected chi connectivity index (χ3v) is 8.67. The van der Waals surface area contributed by atoms with Crippen molar-refractivity contribution < 1.29 is 32.2 Å². The lowest BCUT2D eigenvalue weighted by Gasteiger charge is -2.33. The van der Waals surface area contributed by atoms with Gasteiger partial charge in [-0.2, -0.15) is 14.1 Å². The molecule has 1 aromatic heterocycles. The first-order valence-corrected chi connectivity index (χ1v) is 14.8. The largest absolute Gasteiger partial charge is 0.476 e. The number of aromatic nitrogens is 2. The molecule has 0 bridgehead atoms. The molecule has 0 spiro atoms. The van der Waals surface area contributed by atoms with Crippen LogP contribution in [0, 0.1) is 18.7 Å². The summed E-state index contributed by atoms with van der Waals surface area (Å²) < 4.78 is 50.6. The maximum absolute atomic E-state index is 14.1. The van der Waals surface area contributed by atoms with E-state index in [4.69, 9.17) is 4.74 Å². The Labute approximate surface area is 238 Å². The van der Waals surface area contributed by atoms with Crippen LogP contribution in [0.3, 0.4) is 0 Å². The number of hydrogen-bond acceptors (Lipinski definition) is 7. The second-order valence-electron chi connectivity index (χ2n) is 10.2. The Morgan fingerprint density at radius 2 is 1.83 bits per heavy atom. The number of hydrogen-bond donors (Lipinski definition) is 2. The highest BCUT2D eigenvalue weighted by Crippen LogP contribution is 2.37. The summed E-state index contributed by atoms with van der Waals surface area (Å²) in [5, 5.41) is 16.5. The van der Waals surface area contributed by atoms with Gasteiger partial charge in [-0.05, 0) is 55.8 Å². The van der Waals surface area contributed by atoms with Crippen molar-refractivity contribution in [1.82, 2.24) is 19.0 Å². The van der Waals surface area contributed by atoms with Crippen molar-refractivity contribution >= 4 is 27.6 Å². The monoisotopic (exact) mass is 587 g/mol. The molecule has 0 atom stereocenters. The first-order valence-electron chi connectivity index (χ1n) is 13.3. The molecule has 3 aromatic rings. The number of piperazine rings is 1. The van der Waals surface area contributed by atoms with Gasteiger partial charge in [0.2, 0.25) is 21.8 Å². The Bertz CT molecular complexity index is 1550. The van der Waals surface area contributed by atoms with Gasteiger partial charge in [0.15, 0.2) is 5.69 Å². The molecule has 0 aliphatic carbocycles. The average molecular weight is 588 g/mol. The minimum absolute atomic E-state index is 0.0863. The van der Waals surface area contributed by atoms with Crippen LogP contribution in [0.1, 0.15) is 43.2 Å². The highest BCUT2D eigenvalue weighted by atomic mass is 32.2. The second kappa shape index (κ2) is 12.4. The number of carbonyl (C=O) groups excluding carboxylic acids is 1. The van der Waals surface area contributed by atoms with E-state index < -0.39 is 21.8 Å². The van der Waals surface area contributed by atoms with E-state index in [1.165, 1.54) is 47.6 Å². The van der Waals surface area contributed by atoms with Crippen LogP contribution in [0.25, 0.3) is 5.69 Å². The summed E-state index contributed by atoms with van der Waals surface area (Å²) in [4.78, 5) is 26.3. The smallest absolute Gasteiger partial charge is 0.356 e. The summed E-state index contributed by atoms with van der Waals surface area (Å²) in [5.41, 5.74) is 0.251. The number of ether oxygens (including phenoxy) is 1. The molecular formula is C28H34FN5O6S. The van der Waals surface area contributed by atoms with Gasteiger partial charge in [0.25, 0.3) is 0 Å². The Morgan fingerprint density at radius 1 is 1.12 bits per heavy atom. The number of rotatable bonds is 10. The third kappa shape index (κ3) is 6.75. The average Bonchev–Trinajstić information content (AvgIpc) is 3.25. The number of nitrogens with zero attached hydrogens (tertiary/aromatic N) is 4. The quantitative estimate of drug-likeness (QED) is 0.362. The van der Waals surface area contributed by atoms with Crippen molar-refractivity contribution in [3.8, 4) is 17.3 Å². The SMILES string of the molecule is CCN1CCN(S(=O)(=O)c2cc(NC(=O)CC(C)C)ccc2Oc2c(C)c(C(=O)O)nn2-c2cccc(F)c2)CC1. The zero-order valence-electron chi connectivity index (χ0n) is 23.4. The fourth-order valence-corrected chi connectivity index (χ4v) is 6.13. The molecule has 2 aromatic carbocycles. The topological polar surface area (TPSA) is 134 Å². The van der Waals surface area contributed by atoms with E-state index >= 15 is 0 Å². The van der Waals surface area contributed by atoms with E-state index in [1.54, 1.807) is 0 Å². The molecule has 2 heterocycles. The molecule has 0 saturated carbocycles. The summed E-state index contributed by atoms with van der Waals surface area (Å²) in [6.45, 7) is 9.74. The maximum atomic E-state index is 14.1. The molecule has 1 amide bonds. The van der Waals surface area contributed by atoms with Gasteiger partial charge in [0.1, 0.15) is 16.5 Å². The number of amides is 1. The third-order valence-electron chi connectivity index (χ3n) is 6.75. The molecule has 0 unspecified atom stereocenters. The van der Waals surface area contributed by atoms with E-state index in [0.29, 0.717) is 13.1 Å². The van der Waals surface area contributed by atoms with Gasteiger partial charge in [-0.3, -0.25) is 4.79 Å². The van der Waals surface area contributed by atoms with E-state index in [-0.39, 0.29) is 70.5 Å². The predicted octanol–water partition coefficient (Wildman–Crippen LogP) is 4.12. The summed E-state index contributed by atoms with van der Waals surface area (Å²) in [6.07, 6.45) is 0.253. The number of anilines is 1. The van der Waals surface area contributed by atoms with Crippen LogP contribution in [-0.4, -0.2) is 77.1 Å². The minimum atomic E-state index is -4.11. The molecular weight excluding hydrogens is 553 g/mol. The van der Waals surface area contributed by atoms with Crippen molar-refractivity contribution in [2.75, 3.05) is 38.0 Å². The van der Waals surface area contributed by atoms with Gasteiger partial charge in [-0.15, -0.1) is 0 Å². The first-order chi connectivity index (χ1) is 19.4. The van der Waals surface area contributed by atoms with Crippen LogP contribution in [0.15, 0.2) is 47.4 Å². The highest BCUT2D eigenvalue weighted by molar-refractivity contribution is 7.89. The van der Waals surface area contributed by atoms with E-state index in [2.05, 4.69) is 15.3 Å². The standard InChI is InChI=1S/C28H34FN5O6S/c1-5-32-11-13-33(14-12-32)41(38,39)24-17-21(30-25(35)15-18(2)3)9-10-23(24)40-27-19(4)26(28(36)37)31-34(27)22-8-6-7-20(29)16-22/h6-10,16-18H,5,11-15H2,1-4H3,(H,30,35)(H,36,37). The van der Waals surface area contributed by atoms with Gasteiger partial charge in [0.05, 0.1) is 5.69 Å². The molecule has 2 N–H and O–H groups in total. The number of carboxylic acid groups (broad SMARTS) is 1. The van der Waals surface area contributed by atoms with Gasteiger partial charge in [-0.25, -0.2) is 17.6 Å². The summed E-state index contributed by atoms with van der Waals surface area (Å²) >= 11 is 0. The predicted molar refractivity (Wildman–Crippen MR) is 151 cm³/mol. The highest BCUT2D eigenvalue weighted by Gasteiger charge is 2.32. The van der Waals surface area contributed by atoms with Crippen LogP contribution < -0.4 is 10.1 Å². The fourth-order valence-electron chi connectivity index (χ4n) is 4.57. The molecule has 11 nitrogen and oxygen atoms in total. The lowest BCUT2D eigenvalue weighted by Crippen LogP contribution is -2.48. The van der Waals surface area contributed by atoms with Crippen LogP contribution in [-0.2, 0) is 14.8 Å². The van der Waals surface area contributed by atoms with E-state index in [9.17, 15) is 27.5 Å². The van der Waals surface area contributed by atoms with Gasteiger partial charge >= 0.3 is 5.97 Å². The fraction of sp³-hybridized carbons (Fsp3) is 0.393. The zero-order valence-corrected chi connectivity index (χ0v) is 24.2. The Morgan fingerprint density at radius 3 is 2.44 bits per heavy atom. The van der Waals surface area contributed by atoms with E-state index in [1.807, 2.05) is 20.8 Å². The van der Waals surface area contributed by atoms with E-state index in [0.717, 1.165) is 17.3 Å². The van der Waals surface area contributed by atoms with Crippen molar-refractivity contribution in [3.63, 3.8) is 0 Å². The van der Waals surface area contributed by atoms with Crippen LogP contribution in [0.4, 0.5) is 10.1 Å². The maximum Gasteiger partial charge on any atom is 0.356 e. The van der Waals surface area contributed by atoms with Gasteiger partial charge in [-0.1, -0.05) is 26.8 Å². The van der Waals surface area contributed by atoms with Gasteiger partial charge < -0.3 is 20.1 Å². The molecule has 4 rings (SSSR count). The number of nitrogens with one attached hydrogen (secondary N) is 1. The Kier molecular flexibility index (Phi) is 9.10. The van der Waals surface area contributed by atoms with Crippen molar-refractivity contribution in [2.24, 2.45) is 5.92 Å². The second-order valence-corrected chi connectivity index (χ2v) is 12.1. The summed E-state index contributed by atoms with van der Waals surface area (Å²) in [7, 11) is -4.11. The lowest BCUT2D eigenvalue weighted by molar-refractivity contribution is -0.116. The molecule has 1 aliphatic heterocycles. The Hall–Kier alpha value is -3.81. The number of likely N-dealkylation sites (N-methyl/N-ethyl adjacent to an activating group) is 1. The summed E-state index contributed by atoms with van der Waals surface area (Å²) in [6, 6.07) is 9.60. The van der Waals surface area contributed by atoms with Crippen LogP contribution >= 0.6 is 0 Å². The molecule has 13 heteroatoms. The molecule has 220 valence electrons. The van der Waals surface area contributed by atoms with Gasteiger partial charge in [0, 0.05) is 43.9 Å². The normalized spacial score (nSPS) is 14.8. The minimum Gasteiger partial charge on any atom is -0.476 e.